The van der Waals surface area contributed by atoms with Crippen LogP contribution in [0, 0.1) is 5.92 Å². The van der Waals surface area contributed by atoms with Gasteiger partial charge < -0.3 is 0 Å². The molecule has 0 heteroatoms. The first-order valence-corrected chi connectivity index (χ1v) is 4.88. The molecular weight excluding hydrogens is 132 g/mol. The molecule has 0 atom stereocenters. The van der Waals surface area contributed by atoms with Crippen LogP contribution in [-0.4, -0.2) is 0 Å². The van der Waals surface area contributed by atoms with E-state index >= 15 is 0 Å². The van der Waals surface area contributed by atoms with Crippen molar-refractivity contribution >= 4 is 0 Å². The highest BCUT2D eigenvalue weighted by Gasteiger charge is 1.84. The van der Waals surface area contributed by atoms with Gasteiger partial charge in [0.05, 0.1) is 0 Å². The highest BCUT2D eigenvalue weighted by Crippen LogP contribution is 2.05. The third-order valence-electron chi connectivity index (χ3n) is 0.908. The molecule has 68 valence electrons. The molecule has 0 saturated heterocycles. The van der Waals surface area contributed by atoms with Crippen LogP contribution in [0.3, 0.4) is 0 Å². The topological polar surface area (TPSA) is 0 Å². The summed E-state index contributed by atoms with van der Waals surface area (Å²) in [6, 6.07) is 0. The minimum absolute atomic E-state index is 0.833. The van der Waals surface area contributed by atoms with Crippen LogP contribution in [0.2, 0.25) is 0 Å². The van der Waals surface area contributed by atoms with Crippen LogP contribution in [0.25, 0.3) is 0 Å². The van der Waals surface area contributed by atoms with E-state index in [-0.39, 0.29) is 0 Å². The Morgan fingerprint density at radius 2 is 1.18 bits per heavy atom. The molecule has 0 spiro atoms. The molecular formula is C11H24. The third-order valence-corrected chi connectivity index (χ3v) is 0.908. The average molecular weight is 156 g/mol. The van der Waals surface area contributed by atoms with Gasteiger partial charge in [-0.25, -0.2) is 0 Å². The number of rotatable bonds is 0. The van der Waals surface area contributed by atoms with Gasteiger partial charge in [-0.1, -0.05) is 46.8 Å². The smallest absolute Gasteiger partial charge is 0.0348 e. The van der Waals surface area contributed by atoms with Crippen LogP contribution in [0.1, 0.15) is 53.9 Å². The van der Waals surface area contributed by atoms with E-state index in [1.807, 2.05) is 13.8 Å². The van der Waals surface area contributed by atoms with Gasteiger partial charge in [-0.15, -0.1) is 0 Å². The third kappa shape index (κ3) is 26.0. The Kier molecular flexibility index (Phi) is 15.1. The average Bonchev–Trinajstić information content (AvgIpc) is 2.44. The van der Waals surface area contributed by atoms with Gasteiger partial charge in [-0.2, -0.15) is 0 Å². The van der Waals surface area contributed by atoms with Gasteiger partial charge in [0.15, 0.2) is 0 Å². The lowest BCUT2D eigenvalue weighted by Gasteiger charge is -1.79. The second-order valence-corrected chi connectivity index (χ2v) is 3.13. The first kappa shape index (κ1) is 13.3. The van der Waals surface area contributed by atoms with E-state index in [4.69, 9.17) is 0 Å². The Labute approximate surface area is 72.7 Å². The summed E-state index contributed by atoms with van der Waals surface area (Å²) in [5.41, 5.74) is 0. The number of hydrogen-bond acceptors (Lipinski definition) is 0. The van der Waals surface area contributed by atoms with Crippen LogP contribution in [0.4, 0.5) is 0 Å². The van der Waals surface area contributed by atoms with Crippen molar-refractivity contribution in [2.45, 2.75) is 53.9 Å². The van der Waals surface area contributed by atoms with Crippen LogP contribution < -0.4 is 0 Å². The largest absolute Gasteiger partial charge is 0.0885 e. The Morgan fingerprint density at radius 1 is 0.909 bits per heavy atom. The van der Waals surface area contributed by atoms with Crippen LogP contribution in [0.15, 0.2) is 12.2 Å². The summed E-state index contributed by atoms with van der Waals surface area (Å²) in [6.45, 7) is 10.5. The highest BCUT2D eigenvalue weighted by molar-refractivity contribution is 4.88. The lowest BCUT2D eigenvalue weighted by molar-refractivity contribution is 0.737. The molecule has 0 aromatic carbocycles. The van der Waals surface area contributed by atoms with Crippen molar-refractivity contribution in [3.05, 3.63) is 12.2 Å². The van der Waals surface area contributed by atoms with Gasteiger partial charge in [0.1, 0.15) is 0 Å². The Morgan fingerprint density at radius 3 is 1.27 bits per heavy atom. The van der Waals surface area contributed by atoms with Gasteiger partial charge in [0, 0.05) is 0 Å². The summed E-state index contributed by atoms with van der Waals surface area (Å²) in [5, 5.41) is 0. The molecule has 0 nitrogen and oxygen atoms in total. The van der Waals surface area contributed by atoms with E-state index < -0.39 is 0 Å². The quantitative estimate of drug-likeness (QED) is 0.456. The Hall–Kier alpha value is -0.260. The zero-order valence-corrected chi connectivity index (χ0v) is 8.85. The lowest BCUT2D eigenvalue weighted by atomic mass is 10.3. The Balaban J connectivity index is 0. The summed E-state index contributed by atoms with van der Waals surface area (Å²) in [4.78, 5) is 0. The molecule has 1 rings (SSSR count). The van der Waals surface area contributed by atoms with Gasteiger partial charge in [0.25, 0.3) is 0 Å². The van der Waals surface area contributed by atoms with Crippen LogP contribution >= 0.6 is 0 Å². The van der Waals surface area contributed by atoms with Gasteiger partial charge >= 0.3 is 0 Å². The molecule has 1 aliphatic carbocycles. The molecule has 0 bridgehead atoms. The van der Waals surface area contributed by atoms with Crippen molar-refractivity contribution < 1.29 is 0 Å². The van der Waals surface area contributed by atoms with E-state index in [1.54, 1.807) is 0 Å². The fourth-order valence-corrected chi connectivity index (χ4v) is 0.589. The van der Waals surface area contributed by atoms with E-state index in [0.717, 1.165) is 5.92 Å². The monoisotopic (exact) mass is 156 g/mol. The number of hydrogen-bond donors (Lipinski definition) is 0. The first-order valence-electron chi connectivity index (χ1n) is 4.88. The van der Waals surface area contributed by atoms with Gasteiger partial charge in [0.2, 0.25) is 0 Å². The van der Waals surface area contributed by atoms with E-state index in [0.29, 0.717) is 0 Å². The maximum absolute atomic E-state index is 2.24. The van der Waals surface area contributed by atoms with Crippen molar-refractivity contribution in [2.24, 2.45) is 5.92 Å². The van der Waals surface area contributed by atoms with Gasteiger partial charge in [-0.05, 0) is 25.2 Å². The molecule has 0 amide bonds. The van der Waals surface area contributed by atoms with Crippen LogP contribution in [0.5, 0.6) is 0 Å². The first-order chi connectivity index (χ1) is 5.23. The van der Waals surface area contributed by atoms with E-state index in [1.165, 1.54) is 19.3 Å². The molecule has 0 aliphatic heterocycles. The summed E-state index contributed by atoms with van der Waals surface area (Å²) in [7, 11) is 0. The van der Waals surface area contributed by atoms with Crippen molar-refractivity contribution in [3.8, 4) is 0 Å². The van der Waals surface area contributed by atoms with E-state index in [9.17, 15) is 0 Å². The molecule has 11 heavy (non-hydrogen) atoms. The highest BCUT2D eigenvalue weighted by atomic mass is 13.9. The second-order valence-electron chi connectivity index (χ2n) is 3.13. The molecule has 0 N–H and O–H groups in total. The normalized spacial score (nSPS) is 13.3. The lowest BCUT2D eigenvalue weighted by Crippen LogP contribution is -1.66. The molecule has 0 heterocycles. The summed E-state index contributed by atoms with van der Waals surface area (Å²) in [6.07, 6.45) is 8.50. The summed E-state index contributed by atoms with van der Waals surface area (Å²) >= 11 is 0. The molecule has 0 radical (unpaired) electrons. The molecule has 1 aliphatic rings. The minimum atomic E-state index is 0.833. The molecule has 0 saturated carbocycles. The fraction of sp³-hybridized carbons (Fsp3) is 0.818. The zero-order chi connectivity index (χ0) is 9.11. The SMILES string of the molecule is C1=CCCC1.CC.CC(C)C. The maximum atomic E-state index is 2.24. The predicted octanol–water partition coefficient (Wildman–Crippen LogP) is 4.42. The van der Waals surface area contributed by atoms with Crippen molar-refractivity contribution in [1.82, 2.24) is 0 Å². The zero-order valence-electron chi connectivity index (χ0n) is 8.85. The predicted molar refractivity (Wildman–Crippen MR) is 54.9 cm³/mol. The summed E-state index contributed by atoms with van der Waals surface area (Å²) in [5.74, 6) is 0.833. The molecule has 0 fully saturated rings. The van der Waals surface area contributed by atoms with Crippen LogP contribution in [-0.2, 0) is 0 Å². The molecule has 0 unspecified atom stereocenters. The van der Waals surface area contributed by atoms with Crippen molar-refractivity contribution in [2.75, 3.05) is 0 Å². The summed E-state index contributed by atoms with van der Waals surface area (Å²) < 4.78 is 0. The van der Waals surface area contributed by atoms with Gasteiger partial charge in [-0.3, -0.25) is 0 Å². The number of allylic oxidation sites excluding steroid dienone is 2. The van der Waals surface area contributed by atoms with Crippen molar-refractivity contribution in [1.29, 1.82) is 0 Å². The van der Waals surface area contributed by atoms with Crippen molar-refractivity contribution in [3.63, 3.8) is 0 Å². The second kappa shape index (κ2) is 12.4. The van der Waals surface area contributed by atoms with E-state index in [2.05, 4.69) is 32.9 Å². The Bertz CT molecular complexity index is 61.4. The molecule has 0 aromatic heterocycles. The standard InChI is InChI=1S/C5H8.C4H10.C2H6/c1-2-4-5-3-1;1-4(2)3;1-2/h1-2H,3-5H2;4H,1-3H3;1-2H3. The minimum Gasteiger partial charge on any atom is -0.0885 e. The molecule has 0 aromatic rings. The maximum Gasteiger partial charge on any atom is -0.0348 e. The fourth-order valence-electron chi connectivity index (χ4n) is 0.589.